The van der Waals surface area contributed by atoms with Gasteiger partial charge in [0.2, 0.25) is 5.88 Å². The second-order valence-corrected chi connectivity index (χ2v) is 9.28. The standard InChI is InChI=1S/C29H24F2N6O4/c1-17-16-36-26(22(15-33-36)34-27(38)18-7-12-23(40-2)19(13-18)14-32)28(39)37(17)21-10-8-20(9-11-21)29(30,31)24-5-4-6-25(35-24)41-3/h4-13,15,17H,16H2,1-3H3,(H,34,38)/t17-/m0/s1. The third-order valence-corrected chi connectivity index (χ3v) is 6.73. The topological polar surface area (TPSA) is 122 Å². The Morgan fingerprint density at radius 2 is 1.88 bits per heavy atom. The molecule has 0 radical (unpaired) electrons. The van der Waals surface area contributed by atoms with Gasteiger partial charge >= 0.3 is 5.92 Å². The van der Waals surface area contributed by atoms with Crippen LogP contribution in [0.4, 0.5) is 20.2 Å². The normalized spacial score (nSPS) is 14.7. The lowest BCUT2D eigenvalue weighted by atomic mass is 10.0. The molecule has 0 aliphatic carbocycles. The number of pyridine rings is 1. The number of halogens is 2. The summed E-state index contributed by atoms with van der Waals surface area (Å²) in [5, 5.41) is 16.3. The number of methoxy groups -OCH3 is 2. The first-order valence-corrected chi connectivity index (χ1v) is 12.5. The van der Waals surface area contributed by atoms with E-state index in [1.54, 1.807) is 0 Å². The van der Waals surface area contributed by atoms with Crippen molar-refractivity contribution in [3.63, 3.8) is 0 Å². The highest BCUT2D eigenvalue weighted by Gasteiger charge is 2.38. The summed E-state index contributed by atoms with van der Waals surface area (Å²) < 4.78 is 42.0. The molecule has 1 atom stereocenters. The number of amides is 2. The van der Waals surface area contributed by atoms with Gasteiger partial charge in [0.15, 0.2) is 0 Å². The minimum absolute atomic E-state index is 0.0727. The Balaban J connectivity index is 1.40. The van der Waals surface area contributed by atoms with Gasteiger partial charge in [-0.3, -0.25) is 14.3 Å². The molecule has 0 spiro atoms. The van der Waals surface area contributed by atoms with Crippen LogP contribution in [-0.2, 0) is 12.5 Å². The predicted molar refractivity (Wildman–Crippen MR) is 144 cm³/mol. The van der Waals surface area contributed by atoms with Gasteiger partial charge < -0.3 is 19.7 Å². The van der Waals surface area contributed by atoms with Crippen molar-refractivity contribution in [2.75, 3.05) is 24.4 Å². The van der Waals surface area contributed by atoms with E-state index in [2.05, 4.69) is 15.4 Å². The molecule has 0 saturated carbocycles. The van der Waals surface area contributed by atoms with Crippen LogP contribution in [0.25, 0.3) is 0 Å². The number of ether oxygens (including phenoxy) is 2. The van der Waals surface area contributed by atoms with Crippen LogP contribution < -0.4 is 19.7 Å². The maximum atomic E-state index is 15.2. The second kappa shape index (κ2) is 10.7. The van der Waals surface area contributed by atoms with E-state index in [0.29, 0.717) is 18.0 Å². The molecule has 4 aromatic rings. The van der Waals surface area contributed by atoms with E-state index in [9.17, 15) is 14.9 Å². The van der Waals surface area contributed by atoms with E-state index in [4.69, 9.17) is 9.47 Å². The number of nitrogens with zero attached hydrogens (tertiary/aromatic N) is 5. The summed E-state index contributed by atoms with van der Waals surface area (Å²) in [6.45, 7) is 2.12. The van der Waals surface area contributed by atoms with Crippen LogP contribution in [-0.4, -0.2) is 46.8 Å². The molecule has 3 heterocycles. The van der Waals surface area contributed by atoms with Crippen LogP contribution in [0.15, 0.2) is 66.9 Å². The number of fused-ring (bicyclic) bond motifs is 1. The monoisotopic (exact) mass is 558 g/mol. The number of anilines is 2. The fourth-order valence-corrected chi connectivity index (χ4v) is 4.67. The first-order valence-electron chi connectivity index (χ1n) is 12.5. The van der Waals surface area contributed by atoms with Crippen LogP contribution in [0.2, 0.25) is 0 Å². The van der Waals surface area contributed by atoms with Gasteiger partial charge in [-0.1, -0.05) is 18.2 Å². The third-order valence-electron chi connectivity index (χ3n) is 6.73. The summed E-state index contributed by atoms with van der Waals surface area (Å²) in [5.41, 5.74) is 0.337. The number of hydrogen-bond donors (Lipinski definition) is 1. The van der Waals surface area contributed by atoms with Crippen molar-refractivity contribution in [2.24, 2.45) is 0 Å². The highest BCUT2D eigenvalue weighted by Crippen LogP contribution is 2.37. The minimum atomic E-state index is -3.40. The van der Waals surface area contributed by atoms with Gasteiger partial charge in [0, 0.05) is 22.9 Å². The molecule has 2 aromatic heterocycles. The quantitative estimate of drug-likeness (QED) is 0.352. The third kappa shape index (κ3) is 4.93. The van der Waals surface area contributed by atoms with Gasteiger partial charge in [-0.05, 0) is 43.3 Å². The summed E-state index contributed by atoms with van der Waals surface area (Å²) >= 11 is 0. The van der Waals surface area contributed by atoms with Gasteiger partial charge in [-0.2, -0.15) is 19.1 Å². The SMILES string of the molecule is COc1cccc(C(F)(F)c2ccc(N3C(=O)c4c(NC(=O)c5ccc(OC)c(C#N)c5)cnn4C[C@@H]3C)cc2)n1. The molecule has 2 aromatic carbocycles. The molecule has 12 heteroatoms. The van der Waals surface area contributed by atoms with E-state index >= 15 is 8.78 Å². The zero-order valence-corrected chi connectivity index (χ0v) is 22.3. The number of alkyl halides is 2. The number of hydrogen-bond acceptors (Lipinski definition) is 7. The van der Waals surface area contributed by atoms with Crippen LogP contribution in [0.3, 0.4) is 0 Å². The first kappa shape index (κ1) is 27.3. The van der Waals surface area contributed by atoms with Gasteiger partial charge in [0.05, 0.1) is 44.3 Å². The average molecular weight is 559 g/mol. The van der Waals surface area contributed by atoms with Crippen molar-refractivity contribution in [1.82, 2.24) is 14.8 Å². The van der Waals surface area contributed by atoms with Crippen LogP contribution in [0.5, 0.6) is 11.6 Å². The molecule has 208 valence electrons. The molecule has 1 aliphatic rings. The Labute approximate surface area is 233 Å². The number of rotatable bonds is 7. The Morgan fingerprint density at radius 1 is 1.12 bits per heavy atom. The van der Waals surface area contributed by atoms with Crippen LogP contribution in [0.1, 0.15) is 44.6 Å². The molecule has 0 saturated heterocycles. The summed E-state index contributed by atoms with van der Waals surface area (Å²) in [6.07, 6.45) is 1.38. The van der Waals surface area contributed by atoms with E-state index in [1.165, 1.54) is 90.7 Å². The lowest BCUT2D eigenvalue weighted by Crippen LogP contribution is -2.47. The zero-order chi connectivity index (χ0) is 29.3. The fraction of sp³-hybridized carbons (Fsp3) is 0.207. The zero-order valence-electron chi connectivity index (χ0n) is 22.3. The van der Waals surface area contributed by atoms with Gasteiger partial charge in [0.1, 0.15) is 23.2 Å². The summed E-state index contributed by atoms with van der Waals surface area (Å²) in [7, 11) is 2.77. The Bertz CT molecular complexity index is 1680. The van der Waals surface area contributed by atoms with E-state index in [0.717, 1.165) is 0 Å². The van der Waals surface area contributed by atoms with Crippen LogP contribution in [0, 0.1) is 11.3 Å². The fourth-order valence-electron chi connectivity index (χ4n) is 4.67. The van der Waals surface area contributed by atoms with Crippen molar-refractivity contribution in [1.29, 1.82) is 5.26 Å². The molecule has 10 nitrogen and oxygen atoms in total. The number of aromatic nitrogens is 3. The van der Waals surface area contributed by atoms with Crippen molar-refractivity contribution >= 4 is 23.2 Å². The molecular weight excluding hydrogens is 534 g/mol. The van der Waals surface area contributed by atoms with Gasteiger partial charge in [-0.15, -0.1) is 0 Å². The highest BCUT2D eigenvalue weighted by molar-refractivity contribution is 6.13. The highest BCUT2D eigenvalue weighted by atomic mass is 19.3. The molecule has 0 bridgehead atoms. The van der Waals surface area contributed by atoms with Gasteiger partial charge in [0.25, 0.3) is 11.8 Å². The number of carbonyl (C=O) groups is 2. The lowest BCUT2D eigenvalue weighted by molar-refractivity contribution is 0.0374. The Morgan fingerprint density at radius 3 is 2.56 bits per heavy atom. The Kier molecular flexibility index (Phi) is 7.11. The van der Waals surface area contributed by atoms with Crippen molar-refractivity contribution in [3.05, 3.63) is 94.9 Å². The number of nitrogens with one attached hydrogen (secondary N) is 1. The molecule has 0 unspecified atom stereocenters. The van der Waals surface area contributed by atoms with Gasteiger partial charge in [-0.25, -0.2) is 4.98 Å². The Hall–Kier alpha value is -5.31. The van der Waals surface area contributed by atoms with E-state index in [1.807, 2.05) is 13.0 Å². The lowest BCUT2D eigenvalue weighted by Gasteiger charge is -2.34. The molecule has 5 rings (SSSR count). The number of carbonyl (C=O) groups excluding carboxylic acids is 2. The van der Waals surface area contributed by atoms with E-state index in [-0.39, 0.29) is 40.0 Å². The molecule has 1 N–H and O–H groups in total. The minimum Gasteiger partial charge on any atom is -0.495 e. The molecular formula is C29H24F2N6O4. The van der Waals surface area contributed by atoms with Crippen molar-refractivity contribution < 1.29 is 27.8 Å². The molecule has 1 aliphatic heterocycles. The number of nitriles is 1. The summed E-state index contributed by atoms with van der Waals surface area (Å²) in [5.74, 6) is -4.00. The molecule has 41 heavy (non-hydrogen) atoms. The summed E-state index contributed by atoms with van der Waals surface area (Å²) in [4.78, 5) is 32.0. The molecule has 2 amide bonds. The average Bonchev–Trinajstić information content (AvgIpc) is 3.39. The maximum absolute atomic E-state index is 15.2. The van der Waals surface area contributed by atoms with Crippen molar-refractivity contribution in [2.45, 2.75) is 25.4 Å². The smallest absolute Gasteiger partial charge is 0.315 e. The van der Waals surface area contributed by atoms with Crippen molar-refractivity contribution in [3.8, 4) is 17.7 Å². The van der Waals surface area contributed by atoms with Crippen LogP contribution >= 0.6 is 0 Å². The first-order chi connectivity index (χ1) is 19.7. The maximum Gasteiger partial charge on any atom is 0.315 e. The molecule has 0 fully saturated rings. The van der Waals surface area contributed by atoms with E-state index < -0.39 is 23.4 Å². The second-order valence-electron chi connectivity index (χ2n) is 9.28. The largest absolute Gasteiger partial charge is 0.495 e. The number of benzene rings is 2. The predicted octanol–water partition coefficient (Wildman–Crippen LogP) is 4.61. The summed E-state index contributed by atoms with van der Waals surface area (Å²) in [6, 6.07) is 15.5.